The van der Waals surface area contributed by atoms with Crippen LogP contribution in [0.3, 0.4) is 0 Å². The van der Waals surface area contributed by atoms with Gasteiger partial charge in [-0.05, 0) is 83.7 Å². The van der Waals surface area contributed by atoms with E-state index in [0.29, 0.717) is 0 Å². The number of rotatable bonds is 4. The zero-order valence-corrected chi connectivity index (χ0v) is 12.4. The first-order valence-electron chi connectivity index (χ1n) is 8.59. The summed E-state index contributed by atoms with van der Waals surface area (Å²) < 4.78 is 0. The van der Waals surface area contributed by atoms with Crippen LogP contribution in [-0.2, 0) is 0 Å². The van der Waals surface area contributed by atoms with Crippen molar-refractivity contribution in [2.75, 3.05) is 45.8 Å². The van der Waals surface area contributed by atoms with Gasteiger partial charge in [0.15, 0.2) is 0 Å². The Morgan fingerprint density at radius 3 is 2.47 bits per heavy atom. The second kappa shape index (κ2) is 7.05. The number of hydrogen-bond donors (Lipinski definition) is 1. The maximum absolute atomic E-state index is 3.47. The van der Waals surface area contributed by atoms with Crippen LogP contribution in [0.15, 0.2) is 0 Å². The van der Waals surface area contributed by atoms with Crippen molar-refractivity contribution in [3.63, 3.8) is 0 Å². The summed E-state index contributed by atoms with van der Waals surface area (Å²) in [6.07, 6.45) is 10.0. The summed E-state index contributed by atoms with van der Waals surface area (Å²) in [6, 6.07) is 0.883. The fourth-order valence-corrected chi connectivity index (χ4v) is 4.13. The van der Waals surface area contributed by atoms with Crippen LogP contribution >= 0.6 is 0 Å². The van der Waals surface area contributed by atoms with E-state index in [1.54, 1.807) is 0 Å². The lowest BCUT2D eigenvalue weighted by molar-refractivity contribution is 0.160. The maximum atomic E-state index is 3.47. The molecule has 0 aromatic rings. The average Bonchev–Trinajstić information content (AvgIpc) is 2.96. The van der Waals surface area contributed by atoms with Gasteiger partial charge in [0, 0.05) is 12.6 Å². The number of hydrogen-bond acceptors (Lipinski definition) is 3. The van der Waals surface area contributed by atoms with Crippen LogP contribution in [-0.4, -0.2) is 61.7 Å². The molecule has 3 heterocycles. The first-order chi connectivity index (χ1) is 9.42. The van der Waals surface area contributed by atoms with Crippen molar-refractivity contribution in [2.24, 2.45) is 5.92 Å². The average molecular weight is 265 g/mol. The predicted octanol–water partition coefficient (Wildman–Crippen LogP) is 1.94. The van der Waals surface area contributed by atoms with Crippen molar-refractivity contribution < 1.29 is 0 Å². The summed E-state index contributed by atoms with van der Waals surface area (Å²) in [5.74, 6) is 0.996. The van der Waals surface area contributed by atoms with E-state index in [9.17, 15) is 0 Å². The summed E-state index contributed by atoms with van der Waals surface area (Å²) in [7, 11) is 0. The van der Waals surface area contributed by atoms with E-state index in [2.05, 4.69) is 15.1 Å². The molecule has 19 heavy (non-hydrogen) atoms. The monoisotopic (exact) mass is 265 g/mol. The largest absolute Gasteiger partial charge is 0.317 e. The molecule has 3 heteroatoms. The quantitative estimate of drug-likeness (QED) is 0.838. The first kappa shape index (κ1) is 13.8. The molecule has 1 unspecified atom stereocenters. The molecular weight excluding hydrogens is 234 g/mol. The van der Waals surface area contributed by atoms with E-state index in [-0.39, 0.29) is 0 Å². The lowest BCUT2D eigenvalue weighted by atomic mass is 9.94. The molecule has 3 saturated heterocycles. The zero-order valence-electron chi connectivity index (χ0n) is 12.4. The molecule has 0 radical (unpaired) electrons. The second-order valence-corrected chi connectivity index (χ2v) is 6.82. The third-order valence-electron chi connectivity index (χ3n) is 5.47. The summed E-state index contributed by atoms with van der Waals surface area (Å²) in [5, 5.41) is 3.47. The molecule has 3 nitrogen and oxygen atoms in total. The van der Waals surface area contributed by atoms with Gasteiger partial charge in [-0.1, -0.05) is 6.42 Å². The molecule has 110 valence electrons. The lowest BCUT2D eigenvalue weighted by Crippen LogP contribution is -2.41. The van der Waals surface area contributed by atoms with Gasteiger partial charge in [-0.15, -0.1) is 0 Å². The molecule has 3 fully saturated rings. The van der Waals surface area contributed by atoms with Gasteiger partial charge in [0.05, 0.1) is 0 Å². The molecular formula is C16H31N3. The van der Waals surface area contributed by atoms with Gasteiger partial charge < -0.3 is 10.2 Å². The third kappa shape index (κ3) is 3.93. The van der Waals surface area contributed by atoms with Crippen LogP contribution in [0.4, 0.5) is 0 Å². The van der Waals surface area contributed by atoms with Gasteiger partial charge in [-0.3, -0.25) is 4.90 Å². The molecule has 3 aliphatic rings. The predicted molar refractivity (Wildman–Crippen MR) is 80.5 cm³/mol. The first-order valence-corrected chi connectivity index (χ1v) is 8.59. The highest BCUT2D eigenvalue weighted by molar-refractivity contribution is 4.85. The van der Waals surface area contributed by atoms with Crippen LogP contribution in [0.1, 0.15) is 44.9 Å². The smallest absolute Gasteiger partial charge is 0.0235 e. The van der Waals surface area contributed by atoms with Crippen LogP contribution in [0.2, 0.25) is 0 Å². The van der Waals surface area contributed by atoms with Gasteiger partial charge in [0.1, 0.15) is 0 Å². The highest BCUT2D eigenvalue weighted by atomic mass is 15.3. The number of likely N-dealkylation sites (tertiary alicyclic amines) is 2. The van der Waals surface area contributed by atoms with Crippen LogP contribution in [0.25, 0.3) is 0 Å². The lowest BCUT2D eigenvalue weighted by Gasteiger charge is -2.32. The molecule has 0 spiro atoms. The van der Waals surface area contributed by atoms with Crippen molar-refractivity contribution in [3.8, 4) is 0 Å². The standard InChI is InChI=1S/C16H31N3/c1-2-10-19(11-3-1)16-7-13-18(14-16)12-6-15-4-8-17-9-5-15/h15-17H,1-14H2. The molecule has 0 bridgehead atoms. The minimum atomic E-state index is 0.883. The van der Waals surface area contributed by atoms with Gasteiger partial charge in [-0.2, -0.15) is 0 Å². The maximum Gasteiger partial charge on any atom is 0.0235 e. The van der Waals surface area contributed by atoms with E-state index in [1.165, 1.54) is 90.8 Å². The Balaban J connectivity index is 1.36. The van der Waals surface area contributed by atoms with Crippen molar-refractivity contribution in [1.29, 1.82) is 0 Å². The molecule has 0 saturated carbocycles. The van der Waals surface area contributed by atoms with Crippen molar-refractivity contribution in [1.82, 2.24) is 15.1 Å². The Hall–Kier alpha value is -0.120. The number of nitrogens with one attached hydrogen (secondary N) is 1. The van der Waals surface area contributed by atoms with Crippen LogP contribution < -0.4 is 5.32 Å². The fraction of sp³-hybridized carbons (Fsp3) is 1.00. The van der Waals surface area contributed by atoms with E-state index < -0.39 is 0 Å². The van der Waals surface area contributed by atoms with Gasteiger partial charge >= 0.3 is 0 Å². The molecule has 1 N–H and O–H groups in total. The second-order valence-electron chi connectivity index (χ2n) is 6.82. The Kier molecular flexibility index (Phi) is 5.14. The topological polar surface area (TPSA) is 18.5 Å². The van der Waals surface area contributed by atoms with Gasteiger partial charge in [-0.25, -0.2) is 0 Å². The van der Waals surface area contributed by atoms with E-state index in [4.69, 9.17) is 0 Å². The SMILES string of the molecule is C1CCN(C2CCN(CCC3CCNCC3)C2)CC1. The molecule has 3 rings (SSSR count). The van der Waals surface area contributed by atoms with E-state index in [1.807, 2.05) is 0 Å². The minimum absolute atomic E-state index is 0.883. The summed E-state index contributed by atoms with van der Waals surface area (Å²) in [5.41, 5.74) is 0. The summed E-state index contributed by atoms with van der Waals surface area (Å²) >= 11 is 0. The van der Waals surface area contributed by atoms with Gasteiger partial charge in [0.25, 0.3) is 0 Å². The van der Waals surface area contributed by atoms with Crippen molar-refractivity contribution >= 4 is 0 Å². The summed E-state index contributed by atoms with van der Waals surface area (Å²) in [4.78, 5) is 5.51. The summed E-state index contributed by atoms with van der Waals surface area (Å²) in [6.45, 7) is 9.30. The normalized spacial score (nSPS) is 31.9. The Morgan fingerprint density at radius 1 is 0.895 bits per heavy atom. The zero-order chi connectivity index (χ0) is 12.9. The molecule has 0 amide bonds. The van der Waals surface area contributed by atoms with Crippen molar-refractivity contribution in [2.45, 2.75) is 51.0 Å². The number of piperidine rings is 2. The van der Waals surface area contributed by atoms with Gasteiger partial charge in [0.2, 0.25) is 0 Å². The third-order valence-corrected chi connectivity index (χ3v) is 5.47. The minimum Gasteiger partial charge on any atom is -0.317 e. The fourth-order valence-electron chi connectivity index (χ4n) is 4.13. The molecule has 1 atom stereocenters. The highest BCUT2D eigenvalue weighted by Crippen LogP contribution is 2.22. The molecule has 0 aromatic carbocycles. The van der Waals surface area contributed by atoms with Crippen molar-refractivity contribution in [3.05, 3.63) is 0 Å². The van der Waals surface area contributed by atoms with E-state index >= 15 is 0 Å². The highest BCUT2D eigenvalue weighted by Gasteiger charge is 2.28. The molecule has 0 aromatic heterocycles. The Bertz CT molecular complexity index is 257. The van der Waals surface area contributed by atoms with E-state index in [0.717, 1.165) is 12.0 Å². The van der Waals surface area contributed by atoms with Crippen LogP contribution in [0.5, 0.6) is 0 Å². The Morgan fingerprint density at radius 2 is 1.68 bits per heavy atom. The van der Waals surface area contributed by atoms with Crippen LogP contribution in [0, 0.1) is 5.92 Å². The Labute approximate surface area is 118 Å². The number of nitrogens with zero attached hydrogens (tertiary/aromatic N) is 2. The molecule has 3 aliphatic heterocycles. The molecule has 0 aliphatic carbocycles.